The van der Waals surface area contributed by atoms with Crippen LogP contribution < -0.4 is 4.74 Å². The quantitative estimate of drug-likeness (QED) is 0.383. The van der Waals surface area contributed by atoms with Gasteiger partial charge in [-0.2, -0.15) is 0 Å². The van der Waals surface area contributed by atoms with Crippen LogP contribution in [0, 0.1) is 11.8 Å². The minimum Gasteiger partial charge on any atom is -0.504 e. The smallest absolute Gasteiger partial charge is 0.166 e. The summed E-state index contributed by atoms with van der Waals surface area (Å²) in [6.07, 6.45) is 3.11. The number of carbonyl (C=O) groups is 2. The van der Waals surface area contributed by atoms with Gasteiger partial charge in [-0.1, -0.05) is 39.8 Å². The predicted molar refractivity (Wildman–Crippen MR) is 122 cm³/mol. The summed E-state index contributed by atoms with van der Waals surface area (Å²) >= 11 is 0. The minimum atomic E-state index is -0.754. The van der Waals surface area contributed by atoms with Gasteiger partial charge >= 0.3 is 0 Å². The number of ketones is 2. The van der Waals surface area contributed by atoms with Crippen molar-refractivity contribution in [3.05, 3.63) is 53.1 Å². The van der Waals surface area contributed by atoms with Crippen molar-refractivity contribution in [3.63, 3.8) is 0 Å². The Hall–Kier alpha value is -3.28. The Balaban J connectivity index is 2.02. The molecule has 2 atom stereocenters. The number of Topliss-reactive ketones (excluding diaryl/α,β-unsaturated/α-hetero) is 1. The molecule has 0 fully saturated rings. The van der Waals surface area contributed by atoms with Crippen LogP contribution in [0.4, 0.5) is 0 Å². The van der Waals surface area contributed by atoms with E-state index in [4.69, 9.17) is 4.74 Å². The normalized spacial score (nSPS) is 17.7. The molecule has 3 N–H and O–H groups in total. The first-order valence-electron chi connectivity index (χ1n) is 10.9. The highest BCUT2D eigenvalue weighted by atomic mass is 16.5. The molecule has 6 nitrogen and oxygen atoms in total. The van der Waals surface area contributed by atoms with Crippen molar-refractivity contribution in [3.8, 4) is 23.0 Å². The van der Waals surface area contributed by atoms with E-state index in [9.17, 15) is 24.9 Å². The molecule has 0 saturated heterocycles. The summed E-state index contributed by atoms with van der Waals surface area (Å²) in [5.74, 6) is -0.859. The molecule has 0 unspecified atom stereocenters. The van der Waals surface area contributed by atoms with Crippen LogP contribution in [0.25, 0.3) is 6.08 Å². The molecule has 0 amide bonds. The maximum Gasteiger partial charge on any atom is 0.166 e. The van der Waals surface area contributed by atoms with E-state index in [2.05, 4.69) is 0 Å². The Morgan fingerprint density at radius 2 is 1.62 bits per heavy atom. The molecule has 32 heavy (non-hydrogen) atoms. The van der Waals surface area contributed by atoms with Gasteiger partial charge in [0.1, 0.15) is 11.9 Å². The minimum absolute atomic E-state index is 0.0129. The third-order valence-corrected chi connectivity index (χ3v) is 5.36. The molecule has 0 radical (unpaired) electrons. The molecule has 0 aliphatic carbocycles. The fraction of sp³-hybridized carbons (Fsp3) is 0.385. The summed E-state index contributed by atoms with van der Waals surface area (Å²) in [7, 11) is 0. The summed E-state index contributed by atoms with van der Waals surface area (Å²) in [5, 5.41) is 30.2. The van der Waals surface area contributed by atoms with Crippen molar-refractivity contribution in [2.45, 2.75) is 52.6 Å². The van der Waals surface area contributed by atoms with E-state index in [0.717, 1.165) is 0 Å². The number of carbonyl (C=O) groups excluding carboxylic acids is 2. The zero-order valence-corrected chi connectivity index (χ0v) is 18.8. The number of rotatable bonds is 8. The van der Waals surface area contributed by atoms with Gasteiger partial charge in [0, 0.05) is 18.4 Å². The molecule has 2 aromatic carbocycles. The average molecular weight is 439 g/mol. The second-order valence-corrected chi connectivity index (χ2v) is 9.18. The zero-order valence-electron chi connectivity index (χ0n) is 18.8. The highest BCUT2D eigenvalue weighted by Gasteiger charge is 2.42. The Kier molecular flexibility index (Phi) is 6.92. The van der Waals surface area contributed by atoms with Gasteiger partial charge in [-0.15, -0.1) is 0 Å². The molecule has 0 spiro atoms. The van der Waals surface area contributed by atoms with Crippen molar-refractivity contribution >= 4 is 17.6 Å². The van der Waals surface area contributed by atoms with Crippen LogP contribution in [0.5, 0.6) is 23.0 Å². The summed E-state index contributed by atoms with van der Waals surface area (Å²) in [4.78, 5) is 25.3. The van der Waals surface area contributed by atoms with Crippen LogP contribution in [0.2, 0.25) is 0 Å². The lowest BCUT2D eigenvalue weighted by molar-refractivity contribution is -0.122. The molecule has 0 bridgehead atoms. The van der Waals surface area contributed by atoms with Crippen molar-refractivity contribution in [2.75, 3.05) is 0 Å². The molecule has 170 valence electrons. The lowest BCUT2D eigenvalue weighted by Gasteiger charge is -2.20. The summed E-state index contributed by atoms with van der Waals surface area (Å²) < 4.78 is 6.01. The maximum atomic E-state index is 13.2. The molecule has 0 saturated carbocycles. The number of benzene rings is 2. The molecule has 3 rings (SSSR count). The fourth-order valence-electron chi connectivity index (χ4n) is 3.98. The molecular formula is C26H30O6. The van der Waals surface area contributed by atoms with Gasteiger partial charge in [0.2, 0.25) is 0 Å². The number of ether oxygens (including phenoxy) is 1. The second-order valence-electron chi connectivity index (χ2n) is 9.18. The molecule has 6 heteroatoms. The van der Waals surface area contributed by atoms with Gasteiger partial charge < -0.3 is 20.1 Å². The molecule has 0 aromatic heterocycles. The van der Waals surface area contributed by atoms with Gasteiger partial charge in [-0.05, 0) is 53.3 Å². The molecule has 1 aliphatic heterocycles. The first kappa shape index (κ1) is 23.4. The molecule has 2 aromatic rings. The molecule has 1 aliphatic rings. The predicted octanol–water partition coefficient (Wildman–Crippen LogP) is 5.26. The van der Waals surface area contributed by atoms with Crippen molar-refractivity contribution in [1.29, 1.82) is 0 Å². The van der Waals surface area contributed by atoms with Gasteiger partial charge in [0.25, 0.3) is 0 Å². The topological polar surface area (TPSA) is 104 Å². The van der Waals surface area contributed by atoms with Crippen molar-refractivity contribution < 1.29 is 29.6 Å². The summed E-state index contributed by atoms with van der Waals surface area (Å²) in [6.45, 7) is 7.84. The van der Waals surface area contributed by atoms with Crippen LogP contribution in [-0.4, -0.2) is 26.9 Å². The Bertz CT molecular complexity index is 1050. The largest absolute Gasteiger partial charge is 0.504 e. The van der Waals surface area contributed by atoms with E-state index in [1.807, 2.05) is 27.7 Å². The zero-order chi connectivity index (χ0) is 23.6. The maximum absolute atomic E-state index is 13.2. The number of phenolic OH excluding ortho intramolecular Hbond substituents is 3. The number of aromatic hydroxyl groups is 3. The monoisotopic (exact) mass is 438 g/mol. The number of phenols is 3. The number of hydrogen-bond acceptors (Lipinski definition) is 6. The fourth-order valence-corrected chi connectivity index (χ4v) is 3.98. The third kappa shape index (κ3) is 5.13. The summed E-state index contributed by atoms with van der Waals surface area (Å²) in [5.41, 5.74) is 1.66. The van der Waals surface area contributed by atoms with E-state index in [1.54, 1.807) is 18.2 Å². The second kappa shape index (κ2) is 9.47. The highest BCUT2D eigenvalue weighted by Crippen LogP contribution is 2.52. The van der Waals surface area contributed by atoms with Crippen LogP contribution in [-0.2, 0) is 9.59 Å². The van der Waals surface area contributed by atoms with E-state index < -0.39 is 12.0 Å². The van der Waals surface area contributed by atoms with E-state index >= 15 is 0 Å². The Morgan fingerprint density at radius 3 is 2.25 bits per heavy atom. The first-order valence-corrected chi connectivity index (χ1v) is 10.9. The number of hydrogen-bond donors (Lipinski definition) is 3. The van der Waals surface area contributed by atoms with E-state index in [-0.39, 0.29) is 46.4 Å². The third-order valence-electron chi connectivity index (χ3n) is 5.36. The van der Waals surface area contributed by atoms with Gasteiger partial charge in [-0.3, -0.25) is 9.59 Å². The van der Waals surface area contributed by atoms with Crippen LogP contribution in [0.3, 0.4) is 0 Å². The van der Waals surface area contributed by atoms with Crippen LogP contribution >= 0.6 is 0 Å². The average Bonchev–Trinajstić information content (AvgIpc) is 3.07. The van der Waals surface area contributed by atoms with Gasteiger partial charge in [-0.25, -0.2) is 0 Å². The van der Waals surface area contributed by atoms with Crippen molar-refractivity contribution in [1.82, 2.24) is 0 Å². The van der Waals surface area contributed by atoms with Gasteiger partial charge in [0.15, 0.2) is 28.8 Å². The lowest BCUT2D eigenvalue weighted by Crippen LogP contribution is -2.20. The molecular weight excluding hydrogens is 408 g/mol. The van der Waals surface area contributed by atoms with Crippen molar-refractivity contribution in [2.24, 2.45) is 11.8 Å². The molecule has 1 heterocycles. The highest BCUT2D eigenvalue weighted by molar-refractivity contribution is 5.94. The SMILES string of the molecule is CC(C)CC(=O)/C=C/c1cc(O)c2c(c1)[C@H](C(=O)CC(C)C)[C@@H](c1ccc(O)c(O)c1)O2. The Morgan fingerprint density at radius 1 is 0.938 bits per heavy atom. The number of allylic oxidation sites excluding steroid dienone is 1. The first-order chi connectivity index (χ1) is 15.1. The van der Waals surface area contributed by atoms with Gasteiger partial charge in [0.05, 0.1) is 5.92 Å². The standard InChI is InChI=1S/C26H30O6/c1-14(2)9-18(27)7-5-16-11-19-24(22(30)10-15(3)4)25(32-26(19)23(31)12-16)17-6-8-20(28)21(29)13-17/h5-8,11-15,24-25,28-29,31H,9-10H2,1-4H3/b7-5+/t24-,25-/m1/s1. The summed E-state index contributed by atoms with van der Waals surface area (Å²) in [6, 6.07) is 7.55. The van der Waals surface area contributed by atoms with Crippen LogP contribution in [0.1, 0.15) is 69.2 Å². The lowest BCUT2D eigenvalue weighted by atomic mass is 9.84. The van der Waals surface area contributed by atoms with E-state index in [1.165, 1.54) is 24.3 Å². The Labute approximate surface area is 188 Å². The number of fused-ring (bicyclic) bond motifs is 1. The van der Waals surface area contributed by atoms with E-state index in [0.29, 0.717) is 29.5 Å². The van der Waals surface area contributed by atoms with Crippen LogP contribution in [0.15, 0.2) is 36.4 Å².